The molecule has 0 aliphatic carbocycles. The van der Waals surface area contributed by atoms with Crippen molar-refractivity contribution >= 4 is 11.5 Å². The second-order valence-corrected chi connectivity index (χ2v) is 8.12. The van der Waals surface area contributed by atoms with Crippen molar-refractivity contribution in [3.63, 3.8) is 0 Å². The average molecular weight is 461 g/mol. The van der Waals surface area contributed by atoms with E-state index in [0.29, 0.717) is 46.8 Å². The summed E-state index contributed by atoms with van der Waals surface area (Å²) in [6, 6.07) is 8.32. The van der Waals surface area contributed by atoms with Crippen molar-refractivity contribution in [1.82, 2.24) is 29.4 Å². The first-order valence-corrected chi connectivity index (χ1v) is 10.8. The third kappa shape index (κ3) is 3.38. The van der Waals surface area contributed by atoms with Crippen LogP contribution in [-0.4, -0.2) is 35.9 Å². The van der Waals surface area contributed by atoms with Crippen LogP contribution in [0, 0.1) is 17.6 Å². The molecule has 0 radical (unpaired) electrons. The van der Waals surface area contributed by atoms with Crippen LogP contribution in [-0.2, 0) is 0 Å². The van der Waals surface area contributed by atoms with Crippen LogP contribution in [0.15, 0.2) is 67.4 Å². The van der Waals surface area contributed by atoms with Gasteiger partial charge in [0, 0.05) is 41.8 Å². The van der Waals surface area contributed by atoms with Gasteiger partial charge in [0.25, 0.3) is 0 Å². The number of halogens is 3. The van der Waals surface area contributed by atoms with Crippen LogP contribution in [0.2, 0.25) is 0 Å². The molecule has 1 aliphatic heterocycles. The van der Waals surface area contributed by atoms with Crippen LogP contribution in [0.25, 0.3) is 22.5 Å². The van der Waals surface area contributed by atoms with E-state index < -0.39 is 17.6 Å². The Morgan fingerprint density at radius 2 is 1.91 bits per heavy atom. The van der Waals surface area contributed by atoms with E-state index >= 15 is 0 Å². The highest BCUT2D eigenvalue weighted by atomic mass is 19.1. The van der Waals surface area contributed by atoms with Crippen LogP contribution in [0.4, 0.5) is 19.0 Å². The number of rotatable bonds is 4. The van der Waals surface area contributed by atoms with Gasteiger partial charge in [0.2, 0.25) is 5.95 Å². The second-order valence-electron chi connectivity index (χ2n) is 8.12. The summed E-state index contributed by atoms with van der Waals surface area (Å²) in [6.07, 6.45) is 9.54. The molecule has 7 nitrogen and oxygen atoms in total. The molecule has 1 aliphatic rings. The molecule has 170 valence electrons. The summed E-state index contributed by atoms with van der Waals surface area (Å²) in [5.74, 6) is -0.849. The molecule has 4 aromatic heterocycles. The highest BCUT2D eigenvalue weighted by molar-refractivity contribution is 5.65. The second kappa shape index (κ2) is 7.98. The Bertz CT molecular complexity index is 1510. The van der Waals surface area contributed by atoms with Crippen molar-refractivity contribution in [2.75, 3.05) is 11.4 Å². The Morgan fingerprint density at radius 3 is 2.79 bits per heavy atom. The number of hydrogen-bond acceptors (Lipinski definition) is 5. The van der Waals surface area contributed by atoms with E-state index in [0.717, 1.165) is 18.6 Å². The van der Waals surface area contributed by atoms with Crippen molar-refractivity contribution in [3.05, 3.63) is 90.5 Å². The Morgan fingerprint density at radius 1 is 1.00 bits per heavy atom. The smallest absolute Gasteiger partial charge is 0.220 e. The van der Waals surface area contributed by atoms with Gasteiger partial charge < -0.3 is 4.90 Å². The third-order valence-electron chi connectivity index (χ3n) is 6.10. The summed E-state index contributed by atoms with van der Waals surface area (Å²) in [6.45, 7) is 0.666. The van der Waals surface area contributed by atoms with Crippen LogP contribution in [0.1, 0.15) is 24.4 Å². The summed E-state index contributed by atoms with van der Waals surface area (Å²) >= 11 is 0. The number of anilines is 1. The van der Waals surface area contributed by atoms with E-state index in [2.05, 4.69) is 15.2 Å². The fourth-order valence-corrected chi connectivity index (χ4v) is 4.50. The molecular weight excluding hydrogens is 443 g/mol. The first-order valence-electron chi connectivity index (χ1n) is 10.8. The first kappa shape index (κ1) is 20.4. The van der Waals surface area contributed by atoms with Gasteiger partial charge in [0.15, 0.2) is 5.65 Å². The average Bonchev–Trinajstić information content (AvgIpc) is 3.59. The van der Waals surface area contributed by atoms with E-state index in [1.54, 1.807) is 52.2 Å². The van der Waals surface area contributed by atoms with E-state index in [-0.39, 0.29) is 6.04 Å². The molecule has 5 aromatic rings. The SMILES string of the molecule is Fc1ccc(F)c([C@@H]2CCCN2c2ccn3ncc(-n4cc(-c5cccnc5F)cn4)c3n2)c1. The predicted molar refractivity (Wildman–Crippen MR) is 119 cm³/mol. The van der Waals surface area contributed by atoms with E-state index in [1.165, 1.54) is 12.3 Å². The maximum absolute atomic E-state index is 14.5. The molecule has 1 aromatic carbocycles. The van der Waals surface area contributed by atoms with Crippen LogP contribution in [0.3, 0.4) is 0 Å². The number of nitrogens with zero attached hydrogens (tertiary/aromatic N) is 7. The Balaban J connectivity index is 1.38. The Labute approximate surface area is 192 Å². The highest BCUT2D eigenvalue weighted by Gasteiger charge is 2.30. The molecule has 0 saturated carbocycles. The Hall–Kier alpha value is -4.21. The van der Waals surface area contributed by atoms with Crippen molar-refractivity contribution in [3.8, 4) is 16.8 Å². The molecule has 1 saturated heterocycles. The molecule has 0 bridgehead atoms. The lowest BCUT2D eigenvalue weighted by Gasteiger charge is -2.26. The summed E-state index contributed by atoms with van der Waals surface area (Å²) in [5.41, 5.74) is 2.37. The van der Waals surface area contributed by atoms with Crippen molar-refractivity contribution in [2.24, 2.45) is 0 Å². The molecule has 1 fully saturated rings. The first-order chi connectivity index (χ1) is 16.6. The summed E-state index contributed by atoms with van der Waals surface area (Å²) in [5, 5.41) is 8.71. The lowest BCUT2D eigenvalue weighted by molar-refractivity contribution is 0.560. The molecule has 0 amide bonds. The van der Waals surface area contributed by atoms with Gasteiger partial charge in [-0.2, -0.15) is 14.6 Å². The fraction of sp³-hybridized carbons (Fsp3) is 0.167. The lowest BCUT2D eigenvalue weighted by Crippen LogP contribution is -2.24. The van der Waals surface area contributed by atoms with Gasteiger partial charge in [-0.05, 0) is 49.2 Å². The predicted octanol–water partition coefficient (Wildman–Crippen LogP) is 4.74. The zero-order chi connectivity index (χ0) is 23.2. The molecule has 1 atom stereocenters. The summed E-state index contributed by atoms with van der Waals surface area (Å²) in [4.78, 5) is 10.5. The zero-order valence-corrected chi connectivity index (χ0v) is 17.8. The summed E-state index contributed by atoms with van der Waals surface area (Å²) < 4.78 is 45.6. The fourth-order valence-electron chi connectivity index (χ4n) is 4.50. The largest absolute Gasteiger partial charge is 0.349 e. The minimum absolute atomic E-state index is 0.318. The lowest BCUT2D eigenvalue weighted by atomic mass is 10.0. The van der Waals surface area contributed by atoms with Crippen LogP contribution in [0.5, 0.6) is 0 Å². The normalized spacial score (nSPS) is 16.0. The van der Waals surface area contributed by atoms with Crippen molar-refractivity contribution in [2.45, 2.75) is 18.9 Å². The van der Waals surface area contributed by atoms with Crippen LogP contribution >= 0.6 is 0 Å². The molecular formula is C24H18F3N7. The number of fused-ring (bicyclic) bond motifs is 1. The molecule has 34 heavy (non-hydrogen) atoms. The maximum atomic E-state index is 14.5. The van der Waals surface area contributed by atoms with E-state index in [9.17, 15) is 13.2 Å². The quantitative estimate of drug-likeness (QED) is 0.362. The van der Waals surface area contributed by atoms with E-state index in [4.69, 9.17) is 4.98 Å². The van der Waals surface area contributed by atoms with Gasteiger partial charge in [0.1, 0.15) is 23.1 Å². The molecule has 0 spiro atoms. The van der Waals surface area contributed by atoms with E-state index in [1.807, 2.05) is 4.90 Å². The van der Waals surface area contributed by atoms with Gasteiger partial charge in [-0.25, -0.2) is 27.9 Å². The molecule has 5 heterocycles. The zero-order valence-electron chi connectivity index (χ0n) is 17.8. The maximum Gasteiger partial charge on any atom is 0.220 e. The molecule has 0 N–H and O–H groups in total. The minimum Gasteiger partial charge on any atom is -0.349 e. The molecule has 0 unspecified atom stereocenters. The number of benzene rings is 1. The van der Waals surface area contributed by atoms with Gasteiger partial charge in [-0.1, -0.05) is 0 Å². The van der Waals surface area contributed by atoms with Crippen LogP contribution < -0.4 is 4.90 Å². The van der Waals surface area contributed by atoms with Gasteiger partial charge in [0.05, 0.1) is 18.4 Å². The molecule has 6 rings (SSSR count). The van der Waals surface area contributed by atoms with Gasteiger partial charge in [-0.3, -0.25) is 0 Å². The number of aromatic nitrogens is 6. The van der Waals surface area contributed by atoms with Crippen molar-refractivity contribution < 1.29 is 13.2 Å². The molecule has 10 heteroatoms. The number of pyridine rings is 1. The Kier molecular flexibility index (Phi) is 4.79. The minimum atomic E-state index is -0.577. The highest BCUT2D eigenvalue weighted by Crippen LogP contribution is 2.37. The third-order valence-corrected chi connectivity index (χ3v) is 6.10. The van der Waals surface area contributed by atoms with Gasteiger partial charge in [-0.15, -0.1) is 0 Å². The standard InChI is InChI=1S/C24H18F3N7/c25-16-5-6-19(26)18(11-16)20-4-2-9-32(20)22-7-10-33-24(31-22)21(13-30-33)34-14-15(12-29-34)17-3-1-8-28-23(17)27/h1,3,5-8,10-14,20H,2,4,9H2/t20-/m0/s1. The van der Waals surface area contributed by atoms with Gasteiger partial charge >= 0.3 is 0 Å². The number of hydrogen-bond donors (Lipinski definition) is 0. The van der Waals surface area contributed by atoms with Crippen molar-refractivity contribution in [1.29, 1.82) is 0 Å². The monoisotopic (exact) mass is 461 g/mol. The summed E-state index contributed by atoms with van der Waals surface area (Å²) in [7, 11) is 0. The topological polar surface area (TPSA) is 64.1 Å².